The number of fused-ring (bicyclic) bond motifs is 2. The number of H-pyrrole nitrogens is 1. The number of hydrogen-bond donors (Lipinski definition) is 1. The van der Waals surface area contributed by atoms with E-state index in [2.05, 4.69) is 9.88 Å². The molecule has 0 amide bonds. The molecule has 0 radical (unpaired) electrons. The highest BCUT2D eigenvalue weighted by atomic mass is 32.2. The Morgan fingerprint density at radius 2 is 1.66 bits per heavy atom. The van der Waals surface area contributed by atoms with Crippen LogP contribution in [0, 0.1) is 0 Å². The van der Waals surface area contributed by atoms with E-state index in [1.165, 1.54) is 9.87 Å². The van der Waals surface area contributed by atoms with E-state index in [0.717, 1.165) is 34.6 Å². The molecule has 3 aromatic carbocycles. The minimum absolute atomic E-state index is 0.292. The van der Waals surface area contributed by atoms with Crippen molar-refractivity contribution in [3.05, 3.63) is 72.4 Å². The van der Waals surface area contributed by atoms with Crippen LogP contribution in [-0.4, -0.2) is 46.0 Å². The van der Waals surface area contributed by atoms with Gasteiger partial charge in [-0.1, -0.05) is 30.3 Å². The highest BCUT2D eigenvalue weighted by Crippen LogP contribution is 2.29. The number of nitrogens with zero attached hydrogens (tertiary/aromatic N) is 2. The molecule has 1 heterocycles. The van der Waals surface area contributed by atoms with Crippen LogP contribution in [0.5, 0.6) is 0 Å². The van der Waals surface area contributed by atoms with Gasteiger partial charge in [0.25, 0.3) is 10.0 Å². The Balaban J connectivity index is 1.70. The molecule has 0 atom stereocenters. The third-order valence-electron chi connectivity index (χ3n) is 5.32. The standard InChI is InChI=1S/C23H25N3O2S/c1-25(2)13-12-19-16-24-23-11-9-20(15-22(19)23)26(3)29(27,28)21-10-8-17-6-4-5-7-18(17)14-21/h4-11,14-16,24H,12-13H2,1-3H3. The molecule has 4 aromatic rings. The molecule has 1 N–H and O–H groups in total. The van der Waals surface area contributed by atoms with Crippen LogP contribution in [0.3, 0.4) is 0 Å². The summed E-state index contributed by atoms with van der Waals surface area (Å²) in [6, 6.07) is 18.8. The first-order valence-electron chi connectivity index (χ1n) is 9.59. The zero-order valence-corrected chi connectivity index (χ0v) is 17.7. The van der Waals surface area contributed by atoms with Crippen LogP contribution in [0.2, 0.25) is 0 Å². The van der Waals surface area contributed by atoms with Crippen LogP contribution in [-0.2, 0) is 16.4 Å². The maximum Gasteiger partial charge on any atom is 0.264 e. The minimum atomic E-state index is -3.66. The van der Waals surface area contributed by atoms with Crippen molar-refractivity contribution in [1.82, 2.24) is 9.88 Å². The normalized spacial score (nSPS) is 12.1. The Morgan fingerprint density at radius 1 is 0.897 bits per heavy atom. The molecule has 150 valence electrons. The molecule has 0 unspecified atom stereocenters. The summed E-state index contributed by atoms with van der Waals surface area (Å²) in [4.78, 5) is 5.71. The SMILES string of the molecule is CN(C)CCc1c[nH]c2ccc(N(C)S(=O)(=O)c3ccc4ccccc4c3)cc12. The van der Waals surface area contributed by atoms with Gasteiger partial charge in [0.2, 0.25) is 0 Å². The van der Waals surface area contributed by atoms with E-state index < -0.39 is 10.0 Å². The molecule has 1 aromatic heterocycles. The van der Waals surface area contributed by atoms with Gasteiger partial charge in [-0.25, -0.2) is 8.42 Å². The first-order valence-corrected chi connectivity index (χ1v) is 11.0. The molecule has 4 rings (SSSR count). The number of likely N-dealkylation sites (N-methyl/N-ethyl adjacent to an activating group) is 1. The summed E-state index contributed by atoms with van der Waals surface area (Å²) in [5.74, 6) is 0. The summed E-state index contributed by atoms with van der Waals surface area (Å²) in [5.41, 5.74) is 2.85. The van der Waals surface area contributed by atoms with E-state index in [0.29, 0.717) is 10.6 Å². The summed E-state index contributed by atoms with van der Waals surface area (Å²) < 4.78 is 27.9. The summed E-state index contributed by atoms with van der Waals surface area (Å²) in [7, 11) is 2.04. The number of nitrogens with one attached hydrogen (secondary N) is 1. The van der Waals surface area contributed by atoms with Crippen LogP contribution in [0.25, 0.3) is 21.7 Å². The quantitative estimate of drug-likeness (QED) is 0.520. The maximum absolute atomic E-state index is 13.3. The monoisotopic (exact) mass is 407 g/mol. The topological polar surface area (TPSA) is 56.4 Å². The minimum Gasteiger partial charge on any atom is -0.361 e. The summed E-state index contributed by atoms with van der Waals surface area (Å²) in [5, 5.41) is 2.99. The van der Waals surface area contributed by atoms with Gasteiger partial charge in [-0.05, 0) is 67.2 Å². The number of rotatable bonds is 6. The molecule has 0 aliphatic heterocycles. The van der Waals surface area contributed by atoms with Gasteiger partial charge in [0.15, 0.2) is 0 Å². The molecular weight excluding hydrogens is 382 g/mol. The first kappa shape index (κ1) is 19.5. The van der Waals surface area contributed by atoms with Crippen molar-refractivity contribution < 1.29 is 8.42 Å². The molecule has 0 aliphatic rings. The second-order valence-electron chi connectivity index (χ2n) is 7.58. The third kappa shape index (κ3) is 3.73. The van der Waals surface area contributed by atoms with Crippen molar-refractivity contribution in [3.63, 3.8) is 0 Å². The summed E-state index contributed by atoms with van der Waals surface area (Å²) in [6.07, 6.45) is 2.91. The van der Waals surface area contributed by atoms with Crippen LogP contribution in [0.1, 0.15) is 5.56 Å². The second kappa shape index (κ2) is 7.54. The fourth-order valence-electron chi connectivity index (χ4n) is 3.54. The lowest BCUT2D eigenvalue weighted by atomic mass is 10.1. The predicted molar refractivity (Wildman–Crippen MR) is 120 cm³/mol. The van der Waals surface area contributed by atoms with E-state index >= 15 is 0 Å². The molecular formula is C23H25N3O2S. The highest BCUT2D eigenvalue weighted by Gasteiger charge is 2.22. The van der Waals surface area contributed by atoms with Crippen molar-refractivity contribution in [1.29, 1.82) is 0 Å². The Bertz CT molecular complexity index is 1280. The van der Waals surface area contributed by atoms with Crippen LogP contribution >= 0.6 is 0 Å². The lowest BCUT2D eigenvalue weighted by Gasteiger charge is -2.20. The number of sulfonamides is 1. The fraction of sp³-hybridized carbons (Fsp3) is 0.217. The zero-order chi connectivity index (χ0) is 20.6. The van der Waals surface area contributed by atoms with Crippen molar-refractivity contribution in [2.24, 2.45) is 0 Å². The van der Waals surface area contributed by atoms with Crippen molar-refractivity contribution >= 4 is 37.4 Å². The number of benzene rings is 3. The van der Waals surface area contributed by atoms with E-state index in [1.807, 2.05) is 68.8 Å². The predicted octanol–water partition coefficient (Wildman–Crippen LogP) is 4.25. The van der Waals surface area contributed by atoms with Crippen LogP contribution in [0.4, 0.5) is 5.69 Å². The molecule has 0 bridgehead atoms. The van der Waals surface area contributed by atoms with Gasteiger partial charge < -0.3 is 9.88 Å². The second-order valence-corrected chi connectivity index (χ2v) is 9.55. The highest BCUT2D eigenvalue weighted by molar-refractivity contribution is 7.92. The van der Waals surface area contributed by atoms with Gasteiger partial charge in [0.05, 0.1) is 10.6 Å². The van der Waals surface area contributed by atoms with Crippen molar-refractivity contribution in [2.75, 3.05) is 32.0 Å². The summed E-state index contributed by atoms with van der Waals surface area (Å²) in [6.45, 7) is 0.933. The molecule has 5 nitrogen and oxygen atoms in total. The Kier molecular flexibility index (Phi) is 5.06. The van der Waals surface area contributed by atoms with Crippen molar-refractivity contribution in [3.8, 4) is 0 Å². The average molecular weight is 408 g/mol. The molecule has 6 heteroatoms. The number of aromatic nitrogens is 1. The molecule has 0 spiro atoms. The lowest BCUT2D eigenvalue weighted by Crippen LogP contribution is -2.26. The summed E-state index contributed by atoms with van der Waals surface area (Å²) >= 11 is 0. The first-order chi connectivity index (χ1) is 13.9. The third-order valence-corrected chi connectivity index (χ3v) is 7.10. The lowest BCUT2D eigenvalue weighted by molar-refractivity contribution is 0.414. The number of hydrogen-bond acceptors (Lipinski definition) is 3. The van der Waals surface area contributed by atoms with Gasteiger partial charge >= 0.3 is 0 Å². The molecule has 0 fully saturated rings. The largest absolute Gasteiger partial charge is 0.361 e. The van der Waals surface area contributed by atoms with E-state index in [4.69, 9.17) is 0 Å². The molecule has 0 aliphatic carbocycles. The number of anilines is 1. The van der Waals surface area contributed by atoms with E-state index in [-0.39, 0.29) is 0 Å². The maximum atomic E-state index is 13.3. The van der Waals surface area contributed by atoms with Crippen LogP contribution < -0.4 is 4.31 Å². The Morgan fingerprint density at radius 3 is 2.41 bits per heavy atom. The number of aromatic amines is 1. The van der Waals surface area contributed by atoms with E-state index in [1.54, 1.807) is 19.2 Å². The van der Waals surface area contributed by atoms with E-state index in [9.17, 15) is 8.42 Å². The van der Waals surface area contributed by atoms with Gasteiger partial charge in [-0.15, -0.1) is 0 Å². The molecule has 0 saturated heterocycles. The smallest absolute Gasteiger partial charge is 0.264 e. The average Bonchev–Trinajstić information content (AvgIpc) is 3.13. The zero-order valence-electron chi connectivity index (χ0n) is 16.9. The van der Waals surface area contributed by atoms with Gasteiger partial charge in [-0.3, -0.25) is 4.31 Å². The fourth-order valence-corrected chi connectivity index (χ4v) is 4.76. The van der Waals surface area contributed by atoms with Gasteiger partial charge in [0, 0.05) is 30.7 Å². The van der Waals surface area contributed by atoms with Gasteiger partial charge in [-0.2, -0.15) is 0 Å². The molecule has 0 saturated carbocycles. The Hall–Kier alpha value is -2.83. The van der Waals surface area contributed by atoms with Gasteiger partial charge in [0.1, 0.15) is 0 Å². The van der Waals surface area contributed by atoms with Crippen molar-refractivity contribution in [2.45, 2.75) is 11.3 Å². The molecule has 29 heavy (non-hydrogen) atoms. The Labute approximate surface area is 171 Å². The van der Waals surface area contributed by atoms with Crippen LogP contribution in [0.15, 0.2) is 71.8 Å².